The van der Waals surface area contributed by atoms with Crippen molar-refractivity contribution >= 4 is 22.3 Å². The minimum absolute atomic E-state index is 0.0664. The molecular weight excluding hydrogens is 316 g/mol. The zero-order valence-electron chi connectivity index (χ0n) is 11.6. The predicted octanol–water partition coefficient (Wildman–Crippen LogP) is 2.91. The maximum absolute atomic E-state index is 12.3. The zero-order chi connectivity index (χ0) is 16.0. The first-order chi connectivity index (χ1) is 11.1. The molecule has 0 spiro atoms. The molecule has 0 radical (unpaired) electrons. The Bertz CT molecular complexity index is 1120. The Balaban J connectivity index is 2.08. The number of aromatic hydroxyl groups is 1. The number of benzene rings is 1. The number of fused-ring (bicyclic) bond motifs is 1. The van der Waals surface area contributed by atoms with E-state index >= 15 is 0 Å². The number of aromatic nitrogens is 2. The lowest BCUT2D eigenvalue weighted by Gasteiger charge is -2.06. The van der Waals surface area contributed by atoms with Crippen molar-refractivity contribution in [3.8, 4) is 28.3 Å². The van der Waals surface area contributed by atoms with E-state index in [1.165, 1.54) is 11.3 Å². The van der Waals surface area contributed by atoms with Gasteiger partial charge in [-0.1, -0.05) is 12.1 Å². The number of rotatable bonds is 2. The van der Waals surface area contributed by atoms with Crippen LogP contribution in [-0.4, -0.2) is 15.1 Å². The van der Waals surface area contributed by atoms with Gasteiger partial charge in [0.05, 0.1) is 16.8 Å². The van der Waals surface area contributed by atoms with E-state index in [0.717, 1.165) is 5.56 Å². The molecule has 0 unspecified atom stereocenters. The van der Waals surface area contributed by atoms with E-state index in [0.29, 0.717) is 11.1 Å². The van der Waals surface area contributed by atoms with E-state index in [1.54, 1.807) is 24.3 Å². The van der Waals surface area contributed by atoms with Crippen LogP contribution >= 0.6 is 11.3 Å². The van der Waals surface area contributed by atoms with E-state index in [4.69, 9.17) is 4.42 Å². The summed E-state index contributed by atoms with van der Waals surface area (Å²) in [6.45, 7) is 0. The van der Waals surface area contributed by atoms with Crippen molar-refractivity contribution in [1.29, 1.82) is 0 Å². The van der Waals surface area contributed by atoms with Gasteiger partial charge < -0.3 is 19.5 Å². The Morgan fingerprint density at radius 3 is 2.61 bits per heavy atom. The maximum atomic E-state index is 12.3. The van der Waals surface area contributed by atoms with Gasteiger partial charge in [-0.05, 0) is 23.6 Å². The van der Waals surface area contributed by atoms with E-state index in [-0.39, 0.29) is 22.6 Å². The van der Waals surface area contributed by atoms with Crippen molar-refractivity contribution in [2.75, 3.05) is 0 Å². The van der Waals surface area contributed by atoms with Crippen LogP contribution in [0.25, 0.3) is 33.5 Å². The maximum Gasteiger partial charge on any atom is 0.349 e. The summed E-state index contributed by atoms with van der Waals surface area (Å²) in [5, 5.41) is 14.6. The fourth-order valence-electron chi connectivity index (χ4n) is 2.55. The molecule has 0 fully saturated rings. The van der Waals surface area contributed by atoms with Crippen molar-refractivity contribution in [3.63, 3.8) is 0 Å². The number of hydrogen-bond acceptors (Lipinski definition) is 5. The van der Waals surface area contributed by atoms with Gasteiger partial charge in [-0.3, -0.25) is 0 Å². The van der Waals surface area contributed by atoms with Crippen molar-refractivity contribution < 1.29 is 9.52 Å². The van der Waals surface area contributed by atoms with Crippen molar-refractivity contribution in [1.82, 2.24) is 9.97 Å². The Morgan fingerprint density at radius 1 is 1.04 bits per heavy atom. The molecule has 0 aliphatic heterocycles. The second-order valence-electron chi connectivity index (χ2n) is 4.95. The average Bonchev–Trinajstić information content (AvgIpc) is 3.17. The standard InChI is InChI=1S/C16H10N2O4S/c19-14-9-3-1-2-4-10(9)22-15(20)11(14)13-12(17-16(21)18-13)8-5-6-23-7-8/h1-7,19H,(H2,17,18,21). The van der Waals surface area contributed by atoms with Gasteiger partial charge in [0.2, 0.25) is 0 Å². The zero-order valence-corrected chi connectivity index (χ0v) is 12.4. The quantitative estimate of drug-likeness (QED) is 0.493. The van der Waals surface area contributed by atoms with Crippen molar-refractivity contribution in [2.45, 2.75) is 0 Å². The highest BCUT2D eigenvalue weighted by atomic mass is 32.1. The average molecular weight is 326 g/mol. The largest absolute Gasteiger partial charge is 0.506 e. The minimum atomic E-state index is -0.715. The molecule has 7 heteroatoms. The van der Waals surface area contributed by atoms with Crippen LogP contribution < -0.4 is 11.3 Å². The summed E-state index contributed by atoms with van der Waals surface area (Å²) >= 11 is 1.46. The molecule has 3 heterocycles. The molecular formula is C16H10N2O4S. The number of para-hydroxylation sites is 1. The fraction of sp³-hybridized carbons (Fsp3) is 0. The number of hydrogen-bond donors (Lipinski definition) is 3. The Morgan fingerprint density at radius 2 is 1.83 bits per heavy atom. The number of H-pyrrole nitrogens is 2. The summed E-state index contributed by atoms with van der Waals surface area (Å²) in [6, 6.07) is 8.49. The molecule has 23 heavy (non-hydrogen) atoms. The van der Waals surface area contributed by atoms with E-state index in [2.05, 4.69) is 9.97 Å². The van der Waals surface area contributed by atoms with Crippen LogP contribution in [0.3, 0.4) is 0 Å². The number of thiophene rings is 1. The highest BCUT2D eigenvalue weighted by Gasteiger charge is 2.21. The van der Waals surface area contributed by atoms with Crippen LogP contribution in [0, 0.1) is 0 Å². The normalized spacial score (nSPS) is 11.1. The lowest BCUT2D eigenvalue weighted by Crippen LogP contribution is -2.06. The van der Waals surface area contributed by atoms with E-state index in [1.807, 2.05) is 16.8 Å². The topological polar surface area (TPSA) is 99.1 Å². The second kappa shape index (κ2) is 4.99. The minimum Gasteiger partial charge on any atom is -0.506 e. The molecule has 0 atom stereocenters. The second-order valence-corrected chi connectivity index (χ2v) is 5.73. The van der Waals surface area contributed by atoms with Gasteiger partial charge in [-0.15, -0.1) is 0 Å². The smallest absolute Gasteiger partial charge is 0.349 e. The molecule has 0 bridgehead atoms. The van der Waals surface area contributed by atoms with E-state index in [9.17, 15) is 14.7 Å². The molecule has 114 valence electrons. The molecule has 4 aromatic rings. The lowest BCUT2D eigenvalue weighted by atomic mass is 10.1. The third-order valence-corrected chi connectivity index (χ3v) is 4.26. The lowest BCUT2D eigenvalue weighted by molar-refractivity contribution is 0.471. The van der Waals surface area contributed by atoms with Crippen LogP contribution in [-0.2, 0) is 0 Å². The van der Waals surface area contributed by atoms with Gasteiger partial charge in [-0.2, -0.15) is 11.3 Å². The van der Waals surface area contributed by atoms with E-state index < -0.39 is 11.3 Å². The molecule has 0 saturated carbocycles. The SMILES string of the molecule is O=c1[nH]c(-c2ccsc2)c(-c2c(O)c3ccccc3oc2=O)[nH]1. The highest BCUT2D eigenvalue weighted by Crippen LogP contribution is 2.36. The predicted molar refractivity (Wildman–Crippen MR) is 87.9 cm³/mol. The molecule has 0 amide bonds. The first-order valence-corrected chi connectivity index (χ1v) is 7.69. The van der Waals surface area contributed by atoms with Crippen molar-refractivity contribution in [2.24, 2.45) is 0 Å². The van der Waals surface area contributed by atoms with Gasteiger partial charge in [0, 0.05) is 10.9 Å². The molecule has 0 saturated heterocycles. The summed E-state index contributed by atoms with van der Waals surface area (Å²) in [5.74, 6) is -0.219. The Labute approximate surface area is 132 Å². The van der Waals surface area contributed by atoms with Crippen LogP contribution in [0.2, 0.25) is 0 Å². The number of aromatic amines is 2. The molecule has 3 aromatic heterocycles. The summed E-state index contributed by atoms with van der Waals surface area (Å²) in [5.41, 5.74) is 0.438. The monoisotopic (exact) mass is 326 g/mol. The molecule has 4 rings (SSSR count). The van der Waals surface area contributed by atoms with Crippen LogP contribution in [0.1, 0.15) is 0 Å². The molecule has 6 nitrogen and oxygen atoms in total. The van der Waals surface area contributed by atoms with Gasteiger partial charge >= 0.3 is 11.3 Å². The number of imidazole rings is 1. The van der Waals surface area contributed by atoms with Gasteiger partial charge in [0.15, 0.2) is 0 Å². The summed E-state index contributed by atoms with van der Waals surface area (Å²) in [6.07, 6.45) is 0. The number of nitrogens with one attached hydrogen (secondary N) is 2. The third-order valence-electron chi connectivity index (χ3n) is 3.57. The van der Waals surface area contributed by atoms with Gasteiger partial charge in [0.1, 0.15) is 16.9 Å². The summed E-state index contributed by atoms with van der Waals surface area (Å²) < 4.78 is 5.26. The summed E-state index contributed by atoms with van der Waals surface area (Å²) in [4.78, 5) is 29.3. The van der Waals surface area contributed by atoms with Gasteiger partial charge in [0.25, 0.3) is 0 Å². The Kier molecular flexibility index (Phi) is 2.95. The van der Waals surface area contributed by atoms with Crippen LogP contribution in [0.15, 0.2) is 55.1 Å². The summed E-state index contributed by atoms with van der Waals surface area (Å²) in [7, 11) is 0. The molecule has 1 aromatic carbocycles. The highest BCUT2D eigenvalue weighted by molar-refractivity contribution is 7.08. The van der Waals surface area contributed by atoms with Crippen LogP contribution in [0.5, 0.6) is 5.75 Å². The van der Waals surface area contributed by atoms with Crippen LogP contribution in [0.4, 0.5) is 0 Å². The third kappa shape index (κ3) is 2.09. The molecule has 0 aliphatic carbocycles. The first-order valence-electron chi connectivity index (χ1n) is 6.75. The van der Waals surface area contributed by atoms with Crippen molar-refractivity contribution in [3.05, 3.63) is 62.0 Å². The Hall–Kier alpha value is -3.06. The fourth-order valence-corrected chi connectivity index (χ4v) is 3.19. The molecule has 0 aliphatic rings. The molecule has 3 N–H and O–H groups in total. The first kappa shape index (κ1) is 13.6. The van der Waals surface area contributed by atoms with Gasteiger partial charge in [-0.25, -0.2) is 9.59 Å².